The summed E-state index contributed by atoms with van der Waals surface area (Å²) in [5, 5.41) is 7.13. The lowest BCUT2D eigenvalue weighted by atomic mass is 10.0. The lowest BCUT2D eigenvalue weighted by Crippen LogP contribution is -2.32. The molecular weight excluding hydrogens is 240 g/mol. The monoisotopic (exact) mass is 262 g/mol. The molecule has 1 N–H and O–H groups in total. The third-order valence-corrected chi connectivity index (χ3v) is 2.79. The SMILES string of the molecule is CCNC(C=O)Cc1ccc(/C(C)=N\OCC)cc1. The van der Waals surface area contributed by atoms with Gasteiger partial charge in [-0.3, -0.25) is 0 Å². The molecule has 1 unspecified atom stereocenters. The third-order valence-electron chi connectivity index (χ3n) is 2.79. The van der Waals surface area contributed by atoms with Crippen LogP contribution in [0.5, 0.6) is 0 Å². The standard InChI is InChI=1S/C15H22N2O2/c1-4-16-15(11-18)10-13-6-8-14(9-7-13)12(3)17-19-5-2/h6-9,11,15-16H,4-5,10H2,1-3H3/b17-12-. The van der Waals surface area contributed by atoms with Gasteiger partial charge in [-0.25, -0.2) is 0 Å². The van der Waals surface area contributed by atoms with Gasteiger partial charge in [-0.2, -0.15) is 0 Å². The van der Waals surface area contributed by atoms with Crippen LogP contribution in [-0.4, -0.2) is 31.2 Å². The van der Waals surface area contributed by atoms with Crippen LogP contribution in [0.25, 0.3) is 0 Å². The fraction of sp³-hybridized carbons (Fsp3) is 0.467. The van der Waals surface area contributed by atoms with Gasteiger partial charge in [0.2, 0.25) is 0 Å². The summed E-state index contributed by atoms with van der Waals surface area (Å²) in [6.07, 6.45) is 1.67. The first-order valence-corrected chi connectivity index (χ1v) is 6.65. The Morgan fingerprint density at radius 2 is 2.05 bits per heavy atom. The summed E-state index contributed by atoms with van der Waals surface area (Å²) in [6.45, 7) is 7.17. The van der Waals surface area contributed by atoms with E-state index in [1.807, 2.05) is 45.0 Å². The van der Waals surface area contributed by atoms with Crippen molar-refractivity contribution in [3.05, 3.63) is 35.4 Å². The summed E-state index contributed by atoms with van der Waals surface area (Å²) in [7, 11) is 0. The van der Waals surface area contributed by atoms with Crippen LogP contribution in [0.15, 0.2) is 29.4 Å². The minimum Gasteiger partial charge on any atom is -0.396 e. The molecule has 104 valence electrons. The van der Waals surface area contributed by atoms with E-state index in [1.54, 1.807) is 0 Å². The van der Waals surface area contributed by atoms with Gasteiger partial charge in [0.1, 0.15) is 12.9 Å². The number of rotatable bonds is 8. The van der Waals surface area contributed by atoms with Crippen LogP contribution in [0.2, 0.25) is 0 Å². The fourth-order valence-corrected chi connectivity index (χ4v) is 1.78. The zero-order chi connectivity index (χ0) is 14.1. The number of nitrogens with zero attached hydrogens (tertiary/aromatic N) is 1. The molecule has 0 aliphatic rings. The number of hydrogen-bond acceptors (Lipinski definition) is 4. The maximum atomic E-state index is 10.9. The van der Waals surface area contributed by atoms with E-state index < -0.39 is 0 Å². The third kappa shape index (κ3) is 5.22. The molecule has 0 heterocycles. The second-order valence-electron chi connectivity index (χ2n) is 4.30. The molecule has 1 atom stereocenters. The van der Waals surface area contributed by atoms with Crippen molar-refractivity contribution in [1.82, 2.24) is 5.32 Å². The van der Waals surface area contributed by atoms with Gasteiger partial charge in [-0.1, -0.05) is 36.3 Å². The lowest BCUT2D eigenvalue weighted by Gasteiger charge is -2.11. The molecule has 0 saturated carbocycles. The molecule has 0 aliphatic heterocycles. The first kappa shape index (κ1) is 15.4. The topological polar surface area (TPSA) is 50.7 Å². The summed E-state index contributed by atoms with van der Waals surface area (Å²) in [6, 6.07) is 7.93. The highest BCUT2D eigenvalue weighted by molar-refractivity contribution is 5.98. The highest BCUT2D eigenvalue weighted by Crippen LogP contribution is 2.08. The van der Waals surface area contributed by atoms with Crippen molar-refractivity contribution < 1.29 is 9.63 Å². The fourth-order valence-electron chi connectivity index (χ4n) is 1.78. The molecule has 1 aromatic carbocycles. The number of hydrogen-bond donors (Lipinski definition) is 1. The minimum absolute atomic E-state index is 0.117. The molecule has 0 aliphatic carbocycles. The molecule has 0 bridgehead atoms. The zero-order valence-electron chi connectivity index (χ0n) is 11.8. The molecule has 0 spiro atoms. The Labute approximate surface area is 114 Å². The van der Waals surface area contributed by atoms with E-state index >= 15 is 0 Å². The van der Waals surface area contributed by atoms with Crippen LogP contribution in [0.4, 0.5) is 0 Å². The first-order valence-electron chi connectivity index (χ1n) is 6.65. The first-order chi connectivity index (χ1) is 9.21. The van der Waals surface area contributed by atoms with Crippen LogP contribution < -0.4 is 5.32 Å². The van der Waals surface area contributed by atoms with E-state index in [2.05, 4.69) is 10.5 Å². The summed E-state index contributed by atoms with van der Waals surface area (Å²) < 4.78 is 0. The van der Waals surface area contributed by atoms with E-state index in [4.69, 9.17) is 4.84 Å². The molecule has 19 heavy (non-hydrogen) atoms. The number of likely N-dealkylation sites (N-methyl/N-ethyl adjacent to an activating group) is 1. The quantitative estimate of drug-likeness (QED) is 0.444. The molecule has 0 fully saturated rings. The van der Waals surface area contributed by atoms with E-state index in [0.29, 0.717) is 13.0 Å². The maximum absolute atomic E-state index is 10.9. The Kier molecular flexibility index (Phi) is 6.82. The van der Waals surface area contributed by atoms with E-state index in [0.717, 1.165) is 29.7 Å². The van der Waals surface area contributed by atoms with Gasteiger partial charge in [-0.05, 0) is 37.9 Å². The van der Waals surface area contributed by atoms with Gasteiger partial charge in [0.25, 0.3) is 0 Å². The van der Waals surface area contributed by atoms with Gasteiger partial charge in [0.15, 0.2) is 0 Å². The van der Waals surface area contributed by atoms with Gasteiger partial charge >= 0.3 is 0 Å². The zero-order valence-corrected chi connectivity index (χ0v) is 11.8. The predicted molar refractivity (Wildman–Crippen MR) is 77.5 cm³/mol. The molecule has 0 saturated heterocycles. The normalized spacial score (nSPS) is 13.1. The smallest absolute Gasteiger partial charge is 0.137 e. The van der Waals surface area contributed by atoms with Crippen LogP contribution in [0.1, 0.15) is 31.9 Å². The molecular formula is C15H22N2O2. The molecule has 4 nitrogen and oxygen atoms in total. The Bertz CT molecular complexity index is 413. The van der Waals surface area contributed by atoms with Crippen molar-refractivity contribution in [3.8, 4) is 0 Å². The Hall–Kier alpha value is -1.68. The van der Waals surface area contributed by atoms with Gasteiger partial charge in [0.05, 0.1) is 11.8 Å². The Morgan fingerprint density at radius 1 is 1.37 bits per heavy atom. The van der Waals surface area contributed by atoms with Crippen LogP contribution in [0, 0.1) is 0 Å². The largest absolute Gasteiger partial charge is 0.396 e. The van der Waals surface area contributed by atoms with Crippen LogP contribution in [0.3, 0.4) is 0 Å². The summed E-state index contributed by atoms with van der Waals surface area (Å²) >= 11 is 0. The predicted octanol–water partition coefficient (Wildman–Crippen LogP) is 2.17. The van der Waals surface area contributed by atoms with Gasteiger partial charge in [0, 0.05) is 0 Å². The maximum Gasteiger partial charge on any atom is 0.137 e. The Morgan fingerprint density at radius 3 is 2.58 bits per heavy atom. The number of carbonyl (C=O) groups is 1. The van der Waals surface area contributed by atoms with Gasteiger partial charge in [-0.15, -0.1) is 0 Å². The van der Waals surface area contributed by atoms with Crippen molar-refractivity contribution >= 4 is 12.0 Å². The lowest BCUT2D eigenvalue weighted by molar-refractivity contribution is -0.109. The number of aldehydes is 1. The van der Waals surface area contributed by atoms with Crippen molar-refractivity contribution in [2.75, 3.05) is 13.2 Å². The van der Waals surface area contributed by atoms with Crippen molar-refractivity contribution in [1.29, 1.82) is 0 Å². The van der Waals surface area contributed by atoms with Crippen molar-refractivity contribution in [2.45, 2.75) is 33.2 Å². The molecule has 1 rings (SSSR count). The number of nitrogens with one attached hydrogen (secondary N) is 1. The van der Waals surface area contributed by atoms with Crippen LogP contribution in [-0.2, 0) is 16.1 Å². The minimum atomic E-state index is -0.117. The average molecular weight is 262 g/mol. The summed E-state index contributed by atoms with van der Waals surface area (Å²) in [5.74, 6) is 0. The highest BCUT2D eigenvalue weighted by Gasteiger charge is 2.07. The molecule has 0 amide bonds. The number of benzene rings is 1. The number of oxime groups is 1. The average Bonchev–Trinajstić information content (AvgIpc) is 2.45. The summed E-state index contributed by atoms with van der Waals surface area (Å²) in [5.41, 5.74) is 3.02. The second-order valence-corrected chi connectivity index (χ2v) is 4.30. The molecule has 1 aromatic rings. The molecule has 0 aromatic heterocycles. The highest BCUT2D eigenvalue weighted by atomic mass is 16.6. The molecule has 4 heteroatoms. The van der Waals surface area contributed by atoms with E-state index in [9.17, 15) is 4.79 Å². The number of carbonyl (C=O) groups excluding carboxylic acids is 1. The molecule has 0 radical (unpaired) electrons. The second kappa shape index (κ2) is 8.43. The Balaban J connectivity index is 2.68. The van der Waals surface area contributed by atoms with E-state index in [1.165, 1.54) is 0 Å². The van der Waals surface area contributed by atoms with Crippen molar-refractivity contribution in [3.63, 3.8) is 0 Å². The summed E-state index contributed by atoms with van der Waals surface area (Å²) in [4.78, 5) is 15.9. The van der Waals surface area contributed by atoms with Gasteiger partial charge < -0.3 is 14.9 Å². The van der Waals surface area contributed by atoms with Crippen molar-refractivity contribution in [2.24, 2.45) is 5.16 Å². The van der Waals surface area contributed by atoms with E-state index in [-0.39, 0.29) is 6.04 Å². The van der Waals surface area contributed by atoms with Crippen LogP contribution >= 0.6 is 0 Å².